The first-order valence-corrected chi connectivity index (χ1v) is 10.2. The third-order valence-corrected chi connectivity index (χ3v) is 7.35. The van der Waals surface area contributed by atoms with Crippen molar-refractivity contribution in [3.63, 3.8) is 0 Å². The molecule has 7 heteroatoms. The van der Waals surface area contributed by atoms with Crippen LogP contribution in [0.3, 0.4) is 0 Å². The van der Waals surface area contributed by atoms with E-state index < -0.39 is 19.7 Å². The normalized spacial score (nSPS) is 13.5. The second-order valence-corrected chi connectivity index (χ2v) is 9.87. The summed E-state index contributed by atoms with van der Waals surface area (Å²) in [7, 11) is -6.72. The Kier molecular flexibility index (Phi) is 4.85. The highest BCUT2D eigenvalue weighted by Crippen LogP contribution is 2.25. The van der Waals surface area contributed by atoms with Gasteiger partial charge >= 0.3 is 0 Å². The molecule has 0 aliphatic heterocycles. The number of alkyl halides is 1. The average Bonchev–Trinajstić information content (AvgIpc) is 2.27. The Morgan fingerprint density at radius 2 is 1.42 bits per heavy atom. The van der Waals surface area contributed by atoms with Crippen LogP contribution in [-0.2, 0) is 19.7 Å². The van der Waals surface area contributed by atoms with Crippen molar-refractivity contribution < 1.29 is 16.8 Å². The lowest BCUT2D eigenvalue weighted by atomic mass is 10.0. The first-order valence-electron chi connectivity index (χ1n) is 5.57. The molecule has 0 N–H and O–H groups in total. The summed E-state index contributed by atoms with van der Waals surface area (Å²) in [6.45, 7) is 3.70. The fraction of sp³-hybridized carbons (Fsp3) is 0.500. The molecule has 0 atom stereocenters. The molecule has 1 aromatic rings. The molecule has 108 valence electrons. The van der Waals surface area contributed by atoms with Gasteiger partial charge in [0.1, 0.15) is 0 Å². The van der Waals surface area contributed by atoms with Gasteiger partial charge in [-0.2, -0.15) is 0 Å². The SMILES string of the molecule is CC(C)(CBr)CS(=O)(=O)c1ccc(S(C)(=O)=O)cc1. The van der Waals surface area contributed by atoms with Gasteiger partial charge < -0.3 is 0 Å². The van der Waals surface area contributed by atoms with Gasteiger partial charge in [0.25, 0.3) is 0 Å². The largest absolute Gasteiger partial charge is 0.224 e. The number of benzene rings is 1. The van der Waals surface area contributed by atoms with E-state index in [-0.39, 0.29) is 21.0 Å². The van der Waals surface area contributed by atoms with Crippen LogP contribution in [0.25, 0.3) is 0 Å². The predicted octanol–water partition coefficient (Wildman–Crippen LogP) is 2.28. The second-order valence-electron chi connectivity index (χ2n) is 5.30. The fourth-order valence-electron chi connectivity index (χ4n) is 1.53. The van der Waals surface area contributed by atoms with Crippen molar-refractivity contribution in [2.45, 2.75) is 23.6 Å². The molecule has 0 unspecified atom stereocenters. The highest BCUT2D eigenvalue weighted by atomic mass is 79.9. The minimum atomic E-state index is -3.42. The van der Waals surface area contributed by atoms with E-state index in [4.69, 9.17) is 0 Å². The van der Waals surface area contributed by atoms with E-state index >= 15 is 0 Å². The summed E-state index contributed by atoms with van der Waals surface area (Å²) in [4.78, 5) is 0.264. The Labute approximate surface area is 123 Å². The zero-order valence-electron chi connectivity index (χ0n) is 11.1. The molecule has 19 heavy (non-hydrogen) atoms. The third kappa shape index (κ3) is 4.57. The molecule has 0 amide bonds. The Bertz CT molecular complexity index is 643. The van der Waals surface area contributed by atoms with E-state index in [1.54, 1.807) is 0 Å². The molecular weight excluding hydrogens is 352 g/mol. The Hall–Kier alpha value is -0.400. The molecule has 0 radical (unpaired) electrons. The van der Waals surface area contributed by atoms with Crippen molar-refractivity contribution in [2.24, 2.45) is 5.41 Å². The summed E-state index contributed by atoms with van der Waals surface area (Å²) in [5, 5.41) is 0.570. The summed E-state index contributed by atoms with van der Waals surface area (Å²) in [5.41, 5.74) is -0.381. The van der Waals surface area contributed by atoms with Crippen molar-refractivity contribution in [3.8, 4) is 0 Å². The van der Waals surface area contributed by atoms with E-state index in [0.29, 0.717) is 5.33 Å². The molecular formula is C12H17BrO4S2. The van der Waals surface area contributed by atoms with Gasteiger partial charge in [0.05, 0.1) is 15.5 Å². The van der Waals surface area contributed by atoms with E-state index in [1.165, 1.54) is 24.3 Å². The van der Waals surface area contributed by atoms with Crippen LogP contribution in [-0.4, -0.2) is 34.2 Å². The van der Waals surface area contributed by atoms with Crippen LogP contribution in [0, 0.1) is 5.41 Å². The molecule has 1 aromatic carbocycles. The van der Waals surface area contributed by atoms with Crippen LogP contribution in [0.1, 0.15) is 13.8 Å². The number of rotatable bonds is 5. The standard InChI is InChI=1S/C12H17BrO4S2/c1-12(2,8-13)9-19(16,17)11-6-4-10(5-7-11)18(3,14)15/h4-7H,8-9H2,1-3H3. The molecule has 0 heterocycles. The summed E-state index contributed by atoms with van der Waals surface area (Å²) in [6, 6.07) is 5.33. The van der Waals surface area contributed by atoms with Crippen molar-refractivity contribution in [3.05, 3.63) is 24.3 Å². The molecule has 0 aliphatic carbocycles. The van der Waals surface area contributed by atoms with Crippen LogP contribution in [0.5, 0.6) is 0 Å². The van der Waals surface area contributed by atoms with Crippen LogP contribution in [0.15, 0.2) is 34.1 Å². The maximum absolute atomic E-state index is 12.2. The second kappa shape index (κ2) is 5.54. The van der Waals surface area contributed by atoms with Crippen molar-refractivity contribution in [1.29, 1.82) is 0 Å². The minimum absolute atomic E-state index is 0.00344. The molecule has 0 aromatic heterocycles. The number of halogens is 1. The predicted molar refractivity (Wildman–Crippen MR) is 79.2 cm³/mol. The van der Waals surface area contributed by atoms with Crippen LogP contribution in [0.2, 0.25) is 0 Å². The highest BCUT2D eigenvalue weighted by Gasteiger charge is 2.26. The lowest BCUT2D eigenvalue weighted by molar-refractivity contribution is 0.474. The molecule has 0 saturated carbocycles. The molecule has 0 aliphatic rings. The first kappa shape index (κ1) is 16.7. The molecule has 0 bridgehead atoms. The molecule has 0 spiro atoms. The smallest absolute Gasteiger partial charge is 0.178 e. The summed E-state index contributed by atoms with van der Waals surface area (Å²) >= 11 is 3.29. The van der Waals surface area contributed by atoms with Crippen LogP contribution >= 0.6 is 15.9 Å². The van der Waals surface area contributed by atoms with Gasteiger partial charge in [0, 0.05) is 11.6 Å². The average molecular weight is 369 g/mol. The number of sulfone groups is 2. The summed E-state index contributed by atoms with van der Waals surface area (Å²) < 4.78 is 47.0. The van der Waals surface area contributed by atoms with E-state index in [2.05, 4.69) is 15.9 Å². The quantitative estimate of drug-likeness (QED) is 0.747. The number of hydrogen-bond donors (Lipinski definition) is 0. The van der Waals surface area contributed by atoms with Gasteiger partial charge in [0.15, 0.2) is 19.7 Å². The Morgan fingerprint density at radius 3 is 1.79 bits per heavy atom. The third-order valence-electron chi connectivity index (χ3n) is 2.55. The van der Waals surface area contributed by atoms with Crippen molar-refractivity contribution >= 4 is 35.6 Å². The van der Waals surface area contributed by atoms with Crippen LogP contribution in [0.4, 0.5) is 0 Å². The molecule has 0 fully saturated rings. The van der Waals surface area contributed by atoms with Crippen molar-refractivity contribution in [2.75, 3.05) is 17.3 Å². The number of hydrogen-bond acceptors (Lipinski definition) is 4. The van der Waals surface area contributed by atoms with Gasteiger partial charge in [-0.05, 0) is 29.7 Å². The van der Waals surface area contributed by atoms with E-state index in [1.807, 2.05) is 13.8 Å². The van der Waals surface area contributed by atoms with Gasteiger partial charge in [-0.3, -0.25) is 0 Å². The fourth-order valence-corrected chi connectivity index (χ4v) is 4.47. The van der Waals surface area contributed by atoms with Gasteiger partial charge in [-0.1, -0.05) is 29.8 Å². The zero-order chi connectivity index (χ0) is 14.9. The lowest BCUT2D eigenvalue weighted by Gasteiger charge is -2.21. The monoisotopic (exact) mass is 368 g/mol. The summed E-state index contributed by atoms with van der Waals surface area (Å²) in [5.74, 6) is 0.00344. The minimum Gasteiger partial charge on any atom is -0.224 e. The maximum Gasteiger partial charge on any atom is 0.178 e. The highest BCUT2D eigenvalue weighted by molar-refractivity contribution is 9.09. The molecule has 1 rings (SSSR count). The zero-order valence-corrected chi connectivity index (χ0v) is 14.3. The van der Waals surface area contributed by atoms with Crippen molar-refractivity contribution in [1.82, 2.24) is 0 Å². The first-order chi connectivity index (χ1) is 8.48. The van der Waals surface area contributed by atoms with E-state index in [0.717, 1.165) is 6.26 Å². The topological polar surface area (TPSA) is 68.3 Å². The van der Waals surface area contributed by atoms with E-state index in [9.17, 15) is 16.8 Å². The Balaban J connectivity index is 3.11. The van der Waals surface area contributed by atoms with Crippen LogP contribution < -0.4 is 0 Å². The lowest BCUT2D eigenvalue weighted by Crippen LogP contribution is -2.25. The summed E-state index contributed by atoms with van der Waals surface area (Å²) in [6.07, 6.45) is 1.09. The maximum atomic E-state index is 12.2. The van der Waals surface area contributed by atoms with Gasteiger partial charge in [0.2, 0.25) is 0 Å². The Morgan fingerprint density at radius 1 is 1.00 bits per heavy atom. The molecule has 4 nitrogen and oxygen atoms in total. The molecule has 0 saturated heterocycles. The van der Waals surface area contributed by atoms with Gasteiger partial charge in [-0.15, -0.1) is 0 Å². The van der Waals surface area contributed by atoms with Gasteiger partial charge in [-0.25, -0.2) is 16.8 Å².